The van der Waals surface area contributed by atoms with Crippen LogP contribution in [0.4, 0.5) is 17.1 Å². The van der Waals surface area contributed by atoms with Gasteiger partial charge in [-0.2, -0.15) is 0 Å². The highest BCUT2D eigenvalue weighted by Gasteiger charge is 2.52. The van der Waals surface area contributed by atoms with E-state index in [1.54, 1.807) is 0 Å². The summed E-state index contributed by atoms with van der Waals surface area (Å²) in [6.45, 7) is 0. The molecular formula is C80H49NO2. The van der Waals surface area contributed by atoms with E-state index in [1.165, 1.54) is 77.9 Å². The predicted molar refractivity (Wildman–Crippen MR) is 340 cm³/mol. The number of hydrogen-bond donors (Lipinski definition) is 0. The van der Waals surface area contributed by atoms with Crippen molar-refractivity contribution >= 4 is 60.9 Å². The molecule has 13 aromatic carbocycles. The van der Waals surface area contributed by atoms with Crippen LogP contribution in [0.25, 0.3) is 99.5 Å². The summed E-state index contributed by atoms with van der Waals surface area (Å²) in [5.74, 6) is 0. The number of benzene rings is 13. The van der Waals surface area contributed by atoms with Gasteiger partial charge in [-0.3, -0.25) is 0 Å². The van der Waals surface area contributed by atoms with Crippen molar-refractivity contribution in [2.45, 2.75) is 10.8 Å². The molecule has 0 fully saturated rings. The smallest absolute Gasteiger partial charge is 0.144 e. The number of hydrogen-bond acceptors (Lipinski definition) is 3. The third-order valence-corrected chi connectivity index (χ3v) is 18.6. The maximum atomic E-state index is 7.61. The molecule has 0 N–H and O–H groups in total. The SMILES string of the molecule is c1ccc(-c2ccccc2N(c2ccc3c(c2)C2(c4ccccc4-c4ccccc42)c2ccccc2-3)c2cccc3oc4c(-c5cccc6c5-c5ccccc5C6(c5ccccc5)c5ccccc5)c5c(cc4c23)oc2ccccc25)cc1. The number of rotatable bonds is 7. The van der Waals surface area contributed by atoms with Crippen LogP contribution in [-0.2, 0) is 10.8 Å². The number of anilines is 3. The lowest BCUT2D eigenvalue weighted by atomic mass is 9.67. The van der Waals surface area contributed by atoms with Crippen molar-refractivity contribution in [1.29, 1.82) is 0 Å². The Morgan fingerprint density at radius 1 is 0.265 bits per heavy atom. The average molecular weight is 1060 g/mol. The van der Waals surface area contributed by atoms with Crippen molar-refractivity contribution in [2.24, 2.45) is 0 Å². The Balaban J connectivity index is 0.947. The Morgan fingerprint density at radius 2 is 0.759 bits per heavy atom. The van der Waals surface area contributed by atoms with Gasteiger partial charge in [-0.1, -0.05) is 255 Å². The third kappa shape index (κ3) is 6.12. The highest BCUT2D eigenvalue weighted by molar-refractivity contribution is 6.27. The van der Waals surface area contributed by atoms with E-state index in [0.717, 1.165) is 83.2 Å². The Labute approximate surface area is 480 Å². The molecule has 0 saturated carbocycles. The fourth-order valence-corrected chi connectivity index (χ4v) is 15.5. The van der Waals surface area contributed by atoms with E-state index in [0.29, 0.717) is 0 Å². The summed E-state index contributed by atoms with van der Waals surface area (Å²) >= 11 is 0. The lowest BCUT2D eigenvalue weighted by molar-refractivity contribution is 0.664. The van der Waals surface area contributed by atoms with Crippen LogP contribution in [0.2, 0.25) is 0 Å². The first kappa shape index (κ1) is 46.1. The van der Waals surface area contributed by atoms with Gasteiger partial charge in [0, 0.05) is 33.0 Å². The number of fused-ring (bicyclic) bond motifs is 19. The molecule has 18 rings (SSSR count). The van der Waals surface area contributed by atoms with E-state index < -0.39 is 10.8 Å². The molecule has 15 aromatic rings. The second-order valence-electron chi connectivity index (χ2n) is 22.4. The van der Waals surface area contributed by atoms with Gasteiger partial charge in [-0.15, -0.1) is 0 Å². The van der Waals surface area contributed by atoms with Crippen LogP contribution in [0.1, 0.15) is 44.5 Å². The Kier molecular flexibility index (Phi) is 9.64. The van der Waals surface area contributed by atoms with Crippen LogP contribution in [0.15, 0.2) is 306 Å². The minimum absolute atomic E-state index is 0.539. The van der Waals surface area contributed by atoms with Crippen molar-refractivity contribution in [3.63, 3.8) is 0 Å². The summed E-state index contributed by atoms with van der Waals surface area (Å²) in [5, 5.41) is 4.05. The molecule has 0 bridgehead atoms. The monoisotopic (exact) mass is 1060 g/mol. The van der Waals surface area contributed by atoms with Crippen LogP contribution < -0.4 is 4.90 Å². The maximum absolute atomic E-state index is 7.61. The van der Waals surface area contributed by atoms with Gasteiger partial charge in [0.2, 0.25) is 0 Å². The Hall–Kier alpha value is -10.7. The largest absolute Gasteiger partial charge is 0.456 e. The zero-order valence-electron chi connectivity index (χ0n) is 45.1. The molecule has 3 nitrogen and oxygen atoms in total. The van der Waals surface area contributed by atoms with Crippen LogP contribution in [0.3, 0.4) is 0 Å². The average Bonchev–Trinajstić information content (AvgIpc) is 1.92. The Bertz CT molecular complexity index is 5060. The van der Waals surface area contributed by atoms with Gasteiger partial charge in [-0.25, -0.2) is 0 Å². The second-order valence-corrected chi connectivity index (χ2v) is 22.4. The fourth-order valence-electron chi connectivity index (χ4n) is 15.5. The Morgan fingerprint density at radius 3 is 1.43 bits per heavy atom. The molecule has 2 heterocycles. The van der Waals surface area contributed by atoms with Gasteiger partial charge in [-0.05, 0) is 131 Å². The summed E-state index contributed by atoms with van der Waals surface area (Å²) < 4.78 is 14.7. The highest BCUT2D eigenvalue weighted by Crippen LogP contribution is 2.65. The molecular weight excluding hydrogens is 1010 g/mol. The van der Waals surface area contributed by atoms with Crippen LogP contribution in [0, 0.1) is 0 Å². The molecule has 0 aliphatic heterocycles. The van der Waals surface area contributed by atoms with Crippen molar-refractivity contribution in [2.75, 3.05) is 4.90 Å². The predicted octanol–water partition coefficient (Wildman–Crippen LogP) is 21.0. The number of nitrogens with zero attached hydrogens (tertiary/aromatic N) is 1. The summed E-state index contributed by atoms with van der Waals surface area (Å²) in [6, 6.07) is 109. The maximum Gasteiger partial charge on any atom is 0.144 e. The molecule has 3 aliphatic carbocycles. The quantitative estimate of drug-likeness (QED) is 0.159. The highest BCUT2D eigenvalue weighted by atomic mass is 16.3. The third-order valence-electron chi connectivity index (χ3n) is 18.6. The van der Waals surface area contributed by atoms with E-state index in [1.807, 2.05) is 0 Å². The van der Waals surface area contributed by atoms with E-state index in [4.69, 9.17) is 8.83 Å². The molecule has 1 spiro atoms. The molecule has 0 radical (unpaired) electrons. The van der Waals surface area contributed by atoms with Crippen LogP contribution in [-0.4, -0.2) is 0 Å². The lowest BCUT2D eigenvalue weighted by Crippen LogP contribution is -2.28. The van der Waals surface area contributed by atoms with Gasteiger partial charge < -0.3 is 13.7 Å². The van der Waals surface area contributed by atoms with Gasteiger partial charge in [0.05, 0.1) is 27.6 Å². The molecule has 386 valence electrons. The first-order chi connectivity index (χ1) is 41.2. The van der Waals surface area contributed by atoms with Crippen LogP contribution in [0.5, 0.6) is 0 Å². The molecule has 83 heavy (non-hydrogen) atoms. The van der Waals surface area contributed by atoms with Gasteiger partial charge >= 0.3 is 0 Å². The molecule has 0 atom stereocenters. The zero-order valence-corrected chi connectivity index (χ0v) is 45.1. The van der Waals surface area contributed by atoms with Gasteiger partial charge in [0.15, 0.2) is 0 Å². The first-order valence-electron chi connectivity index (χ1n) is 28.7. The zero-order chi connectivity index (χ0) is 54.4. The molecule has 0 saturated heterocycles. The van der Waals surface area contributed by atoms with E-state index in [2.05, 4.69) is 302 Å². The first-order valence-corrected chi connectivity index (χ1v) is 28.7. The molecule has 2 aromatic heterocycles. The standard InChI is InChI=1S/C80H49NO2/c1-4-24-50(25-5-1)54-30-14-20-42-69(54)81(53-46-47-58-57-33-12-18-39-65(57)80(68(58)48-53)63-37-16-10-31-55(63)56-32-11-17-38-64(56)80)70-43-23-45-72-75(70)62-49-73-76(60-35-15-21-44-71(60)82-73)77(78(62)83-72)61-36-22-41-67-74(61)59-34-13-19-40-66(59)79(67,51-26-6-2-7-27-51)52-28-8-3-9-29-52/h1-49H. The molecule has 3 heteroatoms. The van der Waals surface area contributed by atoms with Crippen molar-refractivity contribution in [3.05, 3.63) is 342 Å². The summed E-state index contributed by atoms with van der Waals surface area (Å²) in [6.07, 6.45) is 0. The fraction of sp³-hybridized carbons (Fsp3) is 0.0250. The van der Waals surface area contributed by atoms with Crippen molar-refractivity contribution in [1.82, 2.24) is 0 Å². The summed E-state index contributed by atoms with van der Waals surface area (Å²) in [5.41, 5.74) is 27.2. The summed E-state index contributed by atoms with van der Waals surface area (Å²) in [4.78, 5) is 2.50. The van der Waals surface area contributed by atoms with Gasteiger partial charge in [0.25, 0.3) is 0 Å². The van der Waals surface area contributed by atoms with Crippen molar-refractivity contribution < 1.29 is 8.83 Å². The number of furan rings is 2. The number of para-hydroxylation sites is 2. The van der Waals surface area contributed by atoms with E-state index in [9.17, 15) is 0 Å². The minimum atomic E-state index is -0.595. The normalized spacial score (nSPS) is 13.7. The van der Waals surface area contributed by atoms with E-state index >= 15 is 0 Å². The van der Waals surface area contributed by atoms with E-state index in [-0.39, 0.29) is 0 Å². The topological polar surface area (TPSA) is 29.5 Å². The molecule has 0 amide bonds. The molecule has 0 unspecified atom stereocenters. The second kappa shape index (κ2) is 17.4. The minimum Gasteiger partial charge on any atom is -0.456 e. The molecule has 3 aliphatic rings. The summed E-state index contributed by atoms with van der Waals surface area (Å²) in [7, 11) is 0. The van der Waals surface area contributed by atoms with Gasteiger partial charge in [0.1, 0.15) is 22.3 Å². The van der Waals surface area contributed by atoms with Crippen LogP contribution >= 0.6 is 0 Å². The van der Waals surface area contributed by atoms with Crippen molar-refractivity contribution in [3.8, 4) is 55.6 Å². The lowest BCUT2D eigenvalue weighted by Gasteiger charge is -2.34.